The number of anilines is 1. The van der Waals surface area contributed by atoms with E-state index in [0.29, 0.717) is 6.54 Å². The van der Waals surface area contributed by atoms with Gasteiger partial charge < -0.3 is 11.1 Å². The first kappa shape index (κ1) is 12.4. The van der Waals surface area contributed by atoms with E-state index in [0.717, 1.165) is 29.9 Å². The fourth-order valence-electron chi connectivity index (χ4n) is 1.62. The van der Waals surface area contributed by atoms with Gasteiger partial charge in [-0.05, 0) is 37.2 Å². The number of nitrogens with zero attached hydrogens (tertiary/aromatic N) is 2. The molecule has 0 unspecified atom stereocenters. The molecular formula is C13H15FN4. The van der Waals surface area contributed by atoms with E-state index >= 15 is 0 Å². The molecule has 0 saturated carbocycles. The van der Waals surface area contributed by atoms with Crippen molar-refractivity contribution in [3.8, 4) is 11.3 Å². The molecule has 1 heterocycles. The second-order valence-corrected chi connectivity index (χ2v) is 3.86. The van der Waals surface area contributed by atoms with Gasteiger partial charge in [-0.25, -0.2) is 14.4 Å². The number of rotatable bonds is 5. The Morgan fingerprint density at radius 2 is 2.00 bits per heavy atom. The van der Waals surface area contributed by atoms with Gasteiger partial charge in [-0.15, -0.1) is 0 Å². The summed E-state index contributed by atoms with van der Waals surface area (Å²) in [5.74, 6) is -0.259. The molecule has 0 aliphatic rings. The lowest BCUT2D eigenvalue weighted by molar-refractivity contribution is 0.628. The van der Waals surface area contributed by atoms with E-state index in [2.05, 4.69) is 15.3 Å². The Hall–Kier alpha value is -2.01. The van der Waals surface area contributed by atoms with Gasteiger partial charge in [0.2, 0.25) is 0 Å². The maximum absolute atomic E-state index is 12.9. The van der Waals surface area contributed by atoms with Gasteiger partial charge in [-0.2, -0.15) is 0 Å². The smallest absolute Gasteiger partial charge is 0.123 e. The molecule has 4 nitrogen and oxygen atoms in total. The number of nitrogens with two attached hydrogens (primary N) is 1. The van der Waals surface area contributed by atoms with Crippen molar-refractivity contribution in [2.75, 3.05) is 18.4 Å². The molecule has 2 rings (SSSR count). The highest BCUT2D eigenvalue weighted by Crippen LogP contribution is 2.24. The molecule has 94 valence electrons. The Morgan fingerprint density at radius 1 is 1.22 bits per heavy atom. The molecule has 1 aromatic carbocycles. The van der Waals surface area contributed by atoms with E-state index in [1.807, 2.05) is 0 Å². The van der Waals surface area contributed by atoms with Gasteiger partial charge in [0.25, 0.3) is 0 Å². The van der Waals surface area contributed by atoms with Crippen molar-refractivity contribution in [2.45, 2.75) is 6.42 Å². The van der Waals surface area contributed by atoms with Crippen LogP contribution in [0.3, 0.4) is 0 Å². The van der Waals surface area contributed by atoms with Crippen LogP contribution in [-0.4, -0.2) is 23.1 Å². The summed E-state index contributed by atoms with van der Waals surface area (Å²) in [7, 11) is 0. The van der Waals surface area contributed by atoms with Crippen LogP contribution in [0.2, 0.25) is 0 Å². The highest BCUT2D eigenvalue weighted by molar-refractivity contribution is 5.73. The van der Waals surface area contributed by atoms with Gasteiger partial charge in [0, 0.05) is 12.1 Å². The number of nitrogens with one attached hydrogen (secondary N) is 1. The fourth-order valence-corrected chi connectivity index (χ4v) is 1.62. The lowest BCUT2D eigenvalue weighted by Crippen LogP contribution is -2.09. The number of hydrogen-bond acceptors (Lipinski definition) is 4. The van der Waals surface area contributed by atoms with Crippen LogP contribution in [0.4, 0.5) is 10.1 Å². The monoisotopic (exact) mass is 246 g/mol. The quantitative estimate of drug-likeness (QED) is 0.792. The Balaban J connectivity index is 2.23. The third-order valence-corrected chi connectivity index (χ3v) is 2.53. The lowest BCUT2D eigenvalue weighted by atomic mass is 10.1. The summed E-state index contributed by atoms with van der Waals surface area (Å²) in [6.45, 7) is 1.39. The second kappa shape index (κ2) is 6.07. The average molecular weight is 246 g/mol. The summed E-state index contributed by atoms with van der Waals surface area (Å²) < 4.78 is 12.9. The van der Waals surface area contributed by atoms with E-state index in [-0.39, 0.29) is 5.82 Å². The van der Waals surface area contributed by atoms with E-state index in [1.165, 1.54) is 18.5 Å². The minimum absolute atomic E-state index is 0.259. The van der Waals surface area contributed by atoms with Crippen LogP contribution in [0, 0.1) is 5.82 Å². The van der Waals surface area contributed by atoms with Crippen LogP contribution >= 0.6 is 0 Å². The molecule has 1 aromatic heterocycles. The lowest BCUT2D eigenvalue weighted by Gasteiger charge is -2.10. The summed E-state index contributed by atoms with van der Waals surface area (Å²) in [6.07, 6.45) is 4.06. The second-order valence-electron chi connectivity index (χ2n) is 3.86. The predicted molar refractivity (Wildman–Crippen MR) is 69.6 cm³/mol. The molecule has 0 saturated heterocycles. The van der Waals surface area contributed by atoms with Gasteiger partial charge in [-0.1, -0.05) is 0 Å². The number of benzene rings is 1. The van der Waals surface area contributed by atoms with Crippen molar-refractivity contribution in [3.63, 3.8) is 0 Å². The summed E-state index contributed by atoms with van der Waals surface area (Å²) in [5.41, 5.74) is 7.90. The van der Waals surface area contributed by atoms with E-state index in [1.54, 1.807) is 18.3 Å². The molecule has 0 radical (unpaired) electrons. The zero-order valence-electron chi connectivity index (χ0n) is 9.94. The molecule has 0 atom stereocenters. The highest BCUT2D eigenvalue weighted by atomic mass is 19.1. The van der Waals surface area contributed by atoms with Gasteiger partial charge in [0.1, 0.15) is 12.1 Å². The van der Waals surface area contributed by atoms with Crippen LogP contribution in [0.25, 0.3) is 11.3 Å². The molecule has 0 bridgehead atoms. The van der Waals surface area contributed by atoms with Crippen LogP contribution in [0.5, 0.6) is 0 Å². The molecular weight excluding hydrogens is 231 g/mol. The molecule has 0 fully saturated rings. The zero-order chi connectivity index (χ0) is 12.8. The zero-order valence-corrected chi connectivity index (χ0v) is 9.94. The Bertz CT molecular complexity index is 499. The minimum Gasteiger partial charge on any atom is -0.382 e. The first-order valence-corrected chi connectivity index (χ1v) is 5.81. The van der Waals surface area contributed by atoms with Crippen LogP contribution in [-0.2, 0) is 0 Å². The fraction of sp³-hybridized carbons (Fsp3) is 0.231. The van der Waals surface area contributed by atoms with E-state index in [4.69, 9.17) is 5.73 Å². The third kappa shape index (κ3) is 3.01. The molecule has 5 heteroatoms. The van der Waals surface area contributed by atoms with Crippen molar-refractivity contribution in [2.24, 2.45) is 5.73 Å². The third-order valence-electron chi connectivity index (χ3n) is 2.53. The largest absolute Gasteiger partial charge is 0.382 e. The van der Waals surface area contributed by atoms with E-state index < -0.39 is 0 Å². The molecule has 18 heavy (non-hydrogen) atoms. The molecule has 0 aliphatic heterocycles. The van der Waals surface area contributed by atoms with Crippen molar-refractivity contribution in [1.29, 1.82) is 0 Å². The van der Waals surface area contributed by atoms with Gasteiger partial charge in [0.15, 0.2) is 0 Å². The summed E-state index contributed by atoms with van der Waals surface area (Å²) in [4.78, 5) is 8.22. The molecule has 3 N–H and O–H groups in total. The summed E-state index contributed by atoms with van der Waals surface area (Å²) >= 11 is 0. The maximum Gasteiger partial charge on any atom is 0.123 e. The molecule has 2 aromatic rings. The van der Waals surface area contributed by atoms with Gasteiger partial charge in [-0.3, -0.25) is 0 Å². The maximum atomic E-state index is 12.9. The van der Waals surface area contributed by atoms with Crippen LogP contribution < -0.4 is 11.1 Å². The van der Waals surface area contributed by atoms with Gasteiger partial charge >= 0.3 is 0 Å². The van der Waals surface area contributed by atoms with Crippen molar-refractivity contribution >= 4 is 5.69 Å². The minimum atomic E-state index is -0.259. The predicted octanol–water partition coefficient (Wildman–Crippen LogP) is 2.04. The summed E-state index contributed by atoms with van der Waals surface area (Å²) in [5, 5.41) is 3.23. The van der Waals surface area contributed by atoms with Crippen molar-refractivity contribution in [3.05, 3.63) is 42.6 Å². The molecule has 0 aliphatic carbocycles. The first-order valence-electron chi connectivity index (χ1n) is 5.81. The Labute approximate surface area is 105 Å². The normalized spacial score (nSPS) is 10.3. The Morgan fingerprint density at radius 3 is 2.72 bits per heavy atom. The molecule has 0 amide bonds. The SMILES string of the molecule is NCCCNc1cncnc1-c1ccc(F)cc1. The van der Waals surface area contributed by atoms with Crippen molar-refractivity contribution < 1.29 is 4.39 Å². The van der Waals surface area contributed by atoms with Gasteiger partial charge in [0.05, 0.1) is 17.6 Å². The van der Waals surface area contributed by atoms with Crippen LogP contribution in [0.15, 0.2) is 36.8 Å². The summed E-state index contributed by atoms with van der Waals surface area (Å²) in [6, 6.07) is 6.24. The van der Waals surface area contributed by atoms with E-state index in [9.17, 15) is 4.39 Å². The standard InChI is InChI=1S/C13H15FN4/c14-11-4-2-10(3-5-11)13-12(8-16-9-18-13)17-7-1-6-15/h2-5,8-9,17H,1,6-7,15H2. The molecule has 0 spiro atoms. The van der Waals surface area contributed by atoms with Crippen LogP contribution in [0.1, 0.15) is 6.42 Å². The average Bonchev–Trinajstić information content (AvgIpc) is 2.41. The highest BCUT2D eigenvalue weighted by Gasteiger charge is 2.06. The Kier molecular flexibility index (Phi) is 4.20. The van der Waals surface area contributed by atoms with Crippen molar-refractivity contribution in [1.82, 2.24) is 9.97 Å². The topological polar surface area (TPSA) is 63.8 Å². The number of hydrogen-bond donors (Lipinski definition) is 2. The number of aromatic nitrogens is 2. The first-order chi connectivity index (χ1) is 8.81. The number of halogens is 1.